The molecule has 2 amide bonds. The van der Waals surface area contributed by atoms with Crippen molar-refractivity contribution in [3.05, 3.63) is 48.3 Å². The van der Waals surface area contributed by atoms with E-state index in [0.29, 0.717) is 17.3 Å². The molecule has 2 aromatic heterocycles. The smallest absolute Gasteiger partial charge is 0.319 e. The van der Waals surface area contributed by atoms with Crippen LogP contribution in [0.4, 0.5) is 22.1 Å². The van der Waals surface area contributed by atoms with E-state index < -0.39 is 6.03 Å². The van der Waals surface area contributed by atoms with Gasteiger partial charge in [-0.3, -0.25) is 5.10 Å². The lowest BCUT2D eigenvalue weighted by atomic mass is 10.1. The van der Waals surface area contributed by atoms with Crippen molar-refractivity contribution in [1.29, 1.82) is 0 Å². The van der Waals surface area contributed by atoms with Crippen LogP contribution in [0, 0.1) is 6.92 Å². The highest BCUT2D eigenvalue weighted by molar-refractivity contribution is 6.02. The van der Waals surface area contributed by atoms with Crippen LogP contribution in [0.3, 0.4) is 0 Å². The Kier molecular flexibility index (Phi) is 4.73. The molecule has 142 valence electrons. The number of rotatable bonds is 5. The summed E-state index contributed by atoms with van der Waals surface area (Å²) in [6.07, 6.45) is 3.41. The Morgan fingerprint density at radius 2 is 2.14 bits per heavy atom. The molecule has 0 aliphatic heterocycles. The van der Waals surface area contributed by atoms with E-state index in [1.807, 2.05) is 31.2 Å². The molecule has 0 radical (unpaired) electrons. The van der Waals surface area contributed by atoms with Crippen molar-refractivity contribution < 1.29 is 9.90 Å². The van der Waals surface area contributed by atoms with Crippen molar-refractivity contribution in [3.63, 3.8) is 0 Å². The van der Waals surface area contributed by atoms with Crippen molar-refractivity contribution in [2.45, 2.75) is 6.92 Å². The van der Waals surface area contributed by atoms with Gasteiger partial charge in [0, 0.05) is 29.2 Å². The molecule has 4 aromatic rings. The minimum absolute atomic E-state index is 0.130. The first-order valence-electron chi connectivity index (χ1n) is 8.76. The lowest BCUT2D eigenvalue weighted by Gasteiger charge is -2.11. The predicted molar refractivity (Wildman–Crippen MR) is 108 cm³/mol. The number of H-pyrrole nitrogens is 1. The molecular formula is C19H19N7O2. The van der Waals surface area contributed by atoms with E-state index >= 15 is 0 Å². The monoisotopic (exact) mass is 377 g/mol. The van der Waals surface area contributed by atoms with Gasteiger partial charge in [-0.25, -0.2) is 14.8 Å². The first-order chi connectivity index (χ1) is 13.6. The molecule has 0 aliphatic rings. The topological polar surface area (TPSA) is 128 Å². The molecule has 2 aromatic carbocycles. The van der Waals surface area contributed by atoms with Gasteiger partial charge in [0.15, 0.2) is 0 Å². The molecule has 5 N–H and O–H groups in total. The average Bonchev–Trinajstić information content (AvgIpc) is 3.16. The third kappa shape index (κ3) is 3.55. The van der Waals surface area contributed by atoms with Gasteiger partial charge in [0.1, 0.15) is 0 Å². The van der Waals surface area contributed by atoms with Gasteiger partial charge in [-0.15, -0.1) is 0 Å². The van der Waals surface area contributed by atoms with Crippen LogP contribution < -0.4 is 16.0 Å². The number of nitrogens with one attached hydrogen (secondary N) is 4. The Morgan fingerprint density at radius 3 is 3.00 bits per heavy atom. The molecule has 9 nitrogen and oxygen atoms in total. The van der Waals surface area contributed by atoms with Crippen LogP contribution in [0.2, 0.25) is 0 Å². The molecule has 0 unspecified atom stereocenters. The summed E-state index contributed by atoms with van der Waals surface area (Å²) in [4.78, 5) is 20.9. The number of para-hydroxylation sites is 1. The summed E-state index contributed by atoms with van der Waals surface area (Å²) < 4.78 is 0. The summed E-state index contributed by atoms with van der Waals surface area (Å²) in [6.45, 7) is 2.04. The molecule has 0 aliphatic carbocycles. The summed E-state index contributed by atoms with van der Waals surface area (Å²) in [6, 6.07) is 9.18. The normalized spacial score (nSPS) is 10.9. The van der Waals surface area contributed by atoms with E-state index in [1.165, 1.54) is 0 Å². The number of carbonyl (C=O) groups excluding carboxylic acids is 1. The van der Waals surface area contributed by atoms with Crippen LogP contribution in [-0.4, -0.2) is 44.5 Å². The van der Waals surface area contributed by atoms with E-state index in [4.69, 9.17) is 5.11 Å². The number of aromatic amines is 1. The van der Waals surface area contributed by atoms with Gasteiger partial charge in [-0.05, 0) is 24.6 Å². The van der Waals surface area contributed by atoms with Crippen LogP contribution in [0.5, 0.6) is 0 Å². The van der Waals surface area contributed by atoms with Gasteiger partial charge in [0.2, 0.25) is 5.95 Å². The maximum absolute atomic E-state index is 12.0. The zero-order valence-electron chi connectivity index (χ0n) is 15.2. The Hall–Kier alpha value is -3.72. The SMILES string of the molecule is Cc1cccc2cnc(Nc3cc(NC(=O)NCCO)c4cn[nH]c4c3)nc12. The molecule has 0 bridgehead atoms. The average molecular weight is 377 g/mol. The van der Waals surface area contributed by atoms with Crippen LogP contribution in [-0.2, 0) is 0 Å². The number of hydrogen-bond donors (Lipinski definition) is 5. The fourth-order valence-corrected chi connectivity index (χ4v) is 2.96. The fourth-order valence-electron chi connectivity index (χ4n) is 2.96. The molecule has 0 atom stereocenters. The van der Waals surface area contributed by atoms with Gasteiger partial charge in [0.25, 0.3) is 0 Å². The summed E-state index contributed by atoms with van der Waals surface area (Å²) in [5, 5.41) is 26.0. The molecule has 4 rings (SSSR count). The molecular weight excluding hydrogens is 358 g/mol. The molecule has 0 spiro atoms. The standard InChI is InChI=1S/C19H19N7O2/c1-11-3-2-4-12-9-21-18(25-17(11)12)23-13-7-15(24-19(28)20-5-6-27)14-10-22-26-16(14)8-13/h2-4,7-10,27H,5-6H2,1H3,(H,22,26)(H2,20,24,28)(H,21,23,25). The first-order valence-corrected chi connectivity index (χ1v) is 8.76. The van der Waals surface area contributed by atoms with Gasteiger partial charge < -0.3 is 21.1 Å². The van der Waals surface area contributed by atoms with E-state index in [-0.39, 0.29) is 13.2 Å². The highest BCUT2D eigenvalue weighted by atomic mass is 16.3. The number of hydrogen-bond acceptors (Lipinski definition) is 6. The molecule has 0 saturated heterocycles. The number of benzene rings is 2. The predicted octanol–water partition coefficient (Wildman–Crippen LogP) is 2.67. The molecule has 9 heteroatoms. The first kappa shape index (κ1) is 17.7. The third-order valence-corrected chi connectivity index (χ3v) is 4.27. The molecule has 28 heavy (non-hydrogen) atoms. The summed E-state index contributed by atoms with van der Waals surface area (Å²) >= 11 is 0. The van der Waals surface area contributed by atoms with Crippen molar-refractivity contribution in [2.24, 2.45) is 0 Å². The molecule has 2 heterocycles. The van der Waals surface area contributed by atoms with E-state index in [2.05, 4.69) is 36.1 Å². The second-order valence-electron chi connectivity index (χ2n) is 6.29. The largest absolute Gasteiger partial charge is 0.395 e. The summed E-state index contributed by atoms with van der Waals surface area (Å²) in [7, 11) is 0. The molecule has 0 saturated carbocycles. The number of aromatic nitrogens is 4. The van der Waals surface area contributed by atoms with Crippen LogP contribution in [0.15, 0.2) is 42.7 Å². The van der Waals surface area contributed by atoms with E-state index in [0.717, 1.165) is 27.4 Å². The lowest BCUT2D eigenvalue weighted by Crippen LogP contribution is -2.31. The van der Waals surface area contributed by atoms with Crippen molar-refractivity contribution in [2.75, 3.05) is 23.8 Å². The van der Waals surface area contributed by atoms with Crippen molar-refractivity contribution in [3.8, 4) is 0 Å². The zero-order chi connectivity index (χ0) is 19.5. The van der Waals surface area contributed by atoms with Crippen molar-refractivity contribution >= 4 is 45.2 Å². The van der Waals surface area contributed by atoms with Crippen LogP contribution in [0.25, 0.3) is 21.8 Å². The number of nitrogens with zero attached hydrogens (tertiary/aromatic N) is 3. The highest BCUT2D eigenvalue weighted by Gasteiger charge is 2.10. The number of amides is 2. The van der Waals surface area contributed by atoms with Gasteiger partial charge in [-0.1, -0.05) is 18.2 Å². The minimum atomic E-state index is -0.411. The molecule has 0 fully saturated rings. The number of anilines is 3. The van der Waals surface area contributed by atoms with Crippen LogP contribution in [0.1, 0.15) is 5.56 Å². The number of aliphatic hydroxyl groups excluding tert-OH is 1. The number of urea groups is 1. The van der Waals surface area contributed by atoms with Gasteiger partial charge in [0.05, 0.1) is 29.5 Å². The Morgan fingerprint density at radius 1 is 1.25 bits per heavy atom. The van der Waals surface area contributed by atoms with Crippen LogP contribution >= 0.6 is 0 Å². The quantitative estimate of drug-likeness (QED) is 0.364. The third-order valence-electron chi connectivity index (χ3n) is 4.27. The zero-order valence-corrected chi connectivity index (χ0v) is 15.2. The van der Waals surface area contributed by atoms with Gasteiger partial charge >= 0.3 is 6.03 Å². The van der Waals surface area contributed by atoms with Gasteiger partial charge in [-0.2, -0.15) is 5.10 Å². The highest BCUT2D eigenvalue weighted by Crippen LogP contribution is 2.28. The Bertz CT molecular complexity index is 1160. The van der Waals surface area contributed by atoms with Crippen molar-refractivity contribution in [1.82, 2.24) is 25.5 Å². The minimum Gasteiger partial charge on any atom is -0.395 e. The maximum Gasteiger partial charge on any atom is 0.319 e. The summed E-state index contributed by atoms with van der Waals surface area (Å²) in [5.41, 5.74) is 3.96. The lowest BCUT2D eigenvalue weighted by molar-refractivity contribution is 0.245. The second-order valence-corrected chi connectivity index (χ2v) is 6.29. The number of aliphatic hydroxyl groups is 1. The fraction of sp³-hybridized carbons (Fsp3) is 0.158. The number of aryl methyl sites for hydroxylation is 1. The Labute approximate surface area is 160 Å². The second kappa shape index (κ2) is 7.49. The maximum atomic E-state index is 12.0. The Balaban J connectivity index is 1.65. The van der Waals surface area contributed by atoms with E-state index in [9.17, 15) is 4.79 Å². The van der Waals surface area contributed by atoms with E-state index in [1.54, 1.807) is 18.5 Å². The number of fused-ring (bicyclic) bond motifs is 2. The number of carbonyl (C=O) groups is 1. The summed E-state index contributed by atoms with van der Waals surface area (Å²) in [5.74, 6) is 0.455.